The molecule has 2 aliphatic rings. The summed E-state index contributed by atoms with van der Waals surface area (Å²) in [4.78, 5) is 17.0. The Morgan fingerprint density at radius 1 is 1.20 bits per heavy atom. The summed E-state index contributed by atoms with van der Waals surface area (Å²) in [6.07, 6.45) is 3.65. The molecule has 1 saturated carbocycles. The third-order valence-corrected chi connectivity index (χ3v) is 6.20. The zero-order valence-electron chi connectivity index (χ0n) is 15.4. The highest BCUT2D eigenvalue weighted by Crippen LogP contribution is 2.29. The normalized spacial score (nSPS) is 28.0. The first-order chi connectivity index (χ1) is 12.0. The van der Waals surface area contributed by atoms with Crippen molar-refractivity contribution in [3.05, 3.63) is 29.3 Å². The van der Waals surface area contributed by atoms with Crippen LogP contribution in [0, 0.1) is 11.8 Å². The third kappa shape index (κ3) is 4.89. The van der Waals surface area contributed by atoms with E-state index in [9.17, 15) is 4.79 Å². The van der Waals surface area contributed by atoms with Gasteiger partial charge in [-0.1, -0.05) is 44.4 Å². The average molecular weight is 364 g/mol. The molecule has 1 aliphatic heterocycles. The first-order valence-corrected chi connectivity index (χ1v) is 9.93. The van der Waals surface area contributed by atoms with Crippen LogP contribution in [0.1, 0.15) is 33.1 Å². The van der Waals surface area contributed by atoms with E-state index in [-0.39, 0.29) is 5.91 Å². The lowest BCUT2D eigenvalue weighted by Crippen LogP contribution is -2.52. The number of carbonyl (C=O) groups is 1. The molecular weight excluding hydrogens is 334 g/mol. The van der Waals surface area contributed by atoms with Crippen LogP contribution in [0.15, 0.2) is 24.3 Å². The zero-order chi connectivity index (χ0) is 17.8. The Morgan fingerprint density at radius 2 is 1.96 bits per heavy atom. The van der Waals surface area contributed by atoms with Gasteiger partial charge in [-0.2, -0.15) is 0 Å². The summed E-state index contributed by atoms with van der Waals surface area (Å²) >= 11 is 6.09. The van der Waals surface area contributed by atoms with Gasteiger partial charge in [0, 0.05) is 42.9 Å². The fourth-order valence-corrected chi connectivity index (χ4v) is 4.26. The number of halogens is 1. The Bertz CT molecular complexity index is 586. The number of hydrogen-bond donors (Lipinski definition) is 1. The summed E-state index contributed by atoms with van der Waals surface area (Å²) in [5, 5.41) is 4.06. The Kier molecular flexibility index (Phi) is 6.24. The predicted octanol–water partition coefficient (Wildman–Crippen LogP) is 3.40. The van der Waals surface area contributed by atoms with E-state index in [0.717, 1.165) is 37.6 Å². The van der Waals surface area contributed by atoms with Crippen LogP contribution in [-0.4, -0.2) is 49.6 Å². The van der Waals surface area contributed by atoms with E-state index in [1.165, 1.54) is 18.5 Å². The van der Waals surface area contributed by atoms with Gasteiger partial charge in [0.1, 0.15) is 0 Å². The molecule has 1 aromatic rings. The van der Waals surface area contributed by atoms with E-state index in [2.05, 4.69) is 35.0 Å². The zero-order valence-corrected chi connectivity index (χ0v) is 16.1. The van der Waals surface area contributed by atoms with E-state index in [1.807, 2.05) is 18.2 Å². The van der Waals surface area contributed by atoms with Crippen LogP contribution in [0.3, 0.4) is 0 Å². The third-order valence-electron chi connectivity index (χ3n) is 5.97. The van der Waals surface area contributed by atoms with Gasteiger partial charge in [-0.25, -0.2) is 0 Å². The Hall–Kier alpha value is -1.26. The first-order valence-electron chi connectivity index (χ1n) is 9.55. The van der Waals surface area contributed by atoms with Gasteiger partial charge in [-0.05, 0) is 36.5 Å². The highest BCUT2D eigenvalue weighted by Gasteiger charge is 2.28. The second-order valence-corrected chi connectivity index (χ2v) is 8.12. The maximum atomic E-state index is 12.4. The van der Waals surface area contributed by atoms with Gasteiger partial charge in [0.2, 0.25) is 5.91 Å². The van der Waals surface area contributed by atoms with Gasteiger partial charge in [0.15, 0.2) is 0 Å². The quantitative estimate of drug-likeness (QED) is 0.890. The molecule has 3 rings (SSSR count). The highest BCUT2D eigenvalue weighted by atomic mass is 35.5. The molecule has 5 heteroatoms. The van der Waals surface area contributed by atoms with Crippen LogP contribution < -0.4 is 10.2 Å². The van der Waals surface area contributed by atoms with Crippen LogP contribution in [0.4, 0.5) is 5.69 Å². The van der Waals surface area contributed by atoms with Crippen LogP contribution in [0.25, 0.3) is 0 Å². The van der Waals surface area contributed by atoms with E-state index in [1.54, 1.807) is 0 Å². The monoisotopic (exact) mass is 363 g/mol. The van der Waals surface area contributed by atoms with Gasteiger partial charge in [-0.3, -0.25) is 9.69 Å². The number of amides is 1. The number of piperazine rings is 1. The number of nitrogens with one attached hydrogen (secondary N) is 1. The van der Waals surface area contributed by atoms with Crippen molar-refractivity contribution in [3.63, 3.8) is 0 Å². The van der Waals surface area contributed by atoms with Crippen molar-refractivity contribution < 1.29 is 4.79 Å². The van der Waals surface area contributed by atoms with Crippen molar-refractivity contribution in [2.75, 3.05) is 37.6 Å². The molecule has 1 aliphatic carbocycles. The molecule has 0 bridgehead atoms. The van der Waals surface area contributed by atoms with Gasteiger partial charge < -0.3 is 10.2 Å². The smallest absolute Gasteiger partial charge is 0.234 e. The van der Waals surface area contributed by atoms with Gasteiger partial charge >= 0.3 is 0 Å². The molecule has 1 amide bonds. The lowest BCUT2D eigenvalue weighted by molar-refractivity contribution is -0.123. The number of carbonyl (C=O) groups excluding carboxylic acids is 1. The number of nitrogens with zero attached hydrogens (tertiary/aromatic N) is 2. The van der Waals surface area contributed by atoms with E-state index in [4.69, 9.17) is 11.6 Å². The maximum absolute atomic E-state index is 12.4. The molecular formula is C20H30ClN3O. The molecule has 0 aromatic heterocycles. The predicted molar refractivity (Wildman–Crippen MR) is 104 cm³/mol. The van der Waals surface area contributed by atoms with Gasteiger partial charge in [0.05, 0.1) is 6.54 Å². The van der Waals surface area contributed by atoms with Crippen LogP contribution >= 0.6 is 11.6 Å². The molecule has 1 heterocycles. The average Bonchev–Trinajstić information content (AvgIpc) is 2.60. The number of rotatable bonds is 4. The Balaban J connectivity index is 1.45. The molecule has 1 N–H and O–H groups in total. The molecule has 3 atom stereocenters. The van der Waals surface area contributed by atoms with Crippen molar-refractivity contribution in [2.24, 2.45) is 11.8 Å². The topological polar surface area (TPSA) is 35.6 Å². The van der Waals surface area contributed by atoms with Crippen LogP contribution in [0.2, 0.25) is 5.02 Å². The fourth-order valence-electron chi connectivity index (χ4n) is 4.08. The molecule has 0 unspecified atom stereocenters. The van der Waals surface area contributed by atoms with E-state index < -0.39 is 0 Å². The minimum Gasteiger partial charge on any atom is -0.369 e. The largest absolute Gasteiger partial charge is 0.369 e. The van der Waals surface area contributed by atoms with Crippen molar-refractivity contribution in [2.45, 2.75) is 39.2 Å². The minimum atomic E-state index is 0.183. The van der Waals surface area contributed by atoms with E-state index in [0.29, 0.717) is 24.4 Å². The Labute approximate surface area is 156 Å². The van der Waals surface area contributed by atoms with Crippen LogP contribution in [-0.2, 0) is 4.79 Å². The lowest BCUT2D eigenvalue weighted by atomic mass is 9.78. The highest BCUT2D eigenvalue weighted by molar-refractivity contribution is 6.30. The maximum Gasteiger partial charge on any atom is 0.234 e. The summed E-state index contributed by atoms with van der Waals surface area (Å²) in [6, 6.07) is 8.35. The molecule has 1 aromatic carbocycles. The molecule has 25 heavy (non-hydrogen) atoms. The summed E-state index contributed by atoms with van der Waals surface area (Å²) in [5.41, 5.74) is 1.17. The molecule has 0 radical (unpaired) electrons. The van der Waals surface area contributed by atoms with Gasteiger partial charge in [-0.15, -0.1) is 0 Å². The van der Waals surface area contributed by atoms with Crippen molar-refractivity contribution in [1.29, 1.82) is 0 Å². The minimum absolute atomic E-state index is 0.183. The summed E-state index contributed by atoms with van der Waals surface area (Å²) in [7, 11) is 0. The van der Waals surface area contributed by atoms with Crippen molar-refractivity contribution >= 4 is 23.2 Å². The van der Waals surface area contributed by atoms with Crippen LogP contribution in [0.5, 0.6) is 0 Å². The summed E-state index contributed by atoms with van der Waals surface area (Å²) in [6.45, 7) is 8.79. The second-order valence-electron chi connectivity index (χ2n) is 7.68. The SMILES string of the molecule is C[C@H]1[C@H](C)CCC[C@H]1NC(=O)CN1CCN(c2cccc(Cl)c2)CC1. The number of benzene rings is 1. The van der Waals surface area contributed by atoms with Crippen molar-refractivity contribution in [3.8, 4) is 0 Å². The molecule has 0 spiro atoms. The molecule has 138 valence electrons. The second kappa shape index (κ2) is 8.41. The first kappa shape index (κ1) is 18.5. The number of anilines is 1. The molecule has 1 saturated heterocycles. The summed E-state index contributed by atoms with van der Waals surface area (Å²) < 4.78 is 0. The number of hydrogen-bond acceptors (Lipinski definition) is 3. The summed E-state index contributed by atoms with van der Waals surface area (Å²) in [5.74, 6) is 1.47. The van der Waals surface area contributed by atoms with Crippen molar-refractivity contribution in [1.82, 2.24) is 10.2 Å². The lowest BCUT2D eigenvalue weighted by Gasteiger charge is -2.37. The van der Waals surface area contributed by atoms with Gasteiger partial charge in [0.25, 0.3) is 0 Å². The molecule has 2 fully saturated rings. The fraction of sp³-hybridized carbons (Fsp3) is 0.650. The molecule has 4 nitrogen and oxygen atoms in total. The van der Waals surface area contributed by atoms with E-state index >= 15 is 0 Å². The standard InChI is InChI=1S/C20H30ClN3O/c1-15-5-3-8-19(16(15)2)22-20(25)14-23-9-11-24(12-10-23)18-7-4-6-17(21)13-18/h4,6-7,13,15-16,19H,3,5,8-12,14H2,1-2H3,(H,22,25)/t15-,16+,19-/m1/s1. The Morgan fingerprint density at radius 3 is 2.68 bits per heavy atom.